The van der Waals surface area contributed by atoms with Crippen molar-refractivity contribution in [3.63, 3.8) is 0 Å². The number of nitrogens with zero attached hydrogens (tertiary/aromatic N) is 1. The zero-order valence-corrected chi connectivity index (χ0v) is 18.6. The van der Waals surface area contributed by atoms with Crippen molar-refractivity contribution in [2.45, 2.75) is 63.3 Å². The van der Waals surface area contributed by atoms with Gasteiger partial charge >= 0.3 is 5.97 Å². The molecule has 0 bridgehead atoms. The number of hydrogen-bond acceptors (Lipinski definition) is 5. The van der Waals surface area contributed by atoms with Gasteiger partial charge in [-0.2, -0.15) is 4.31 Å². The molecular weight excluding hydrogens is 404 g/mol. The lowest BCUT2D eigenvalue weighted by molar-refractivity contribution is -0.127. The monoisotopic (exact) mass is 436 g/mol. The summed E-state index contributed by atoms with van der Waals surface area (Å²) in [5.41, 5.74) is 0.322. The molecule has 0 spiro atoms. The number of rotatable bonds is 6. The Balaban J connectivity index is 1.57. The largest absolute Gasteiger partial charge is 0.462 e. The molecule has 3 rings (SSSR count). The summed E-state index contributed by atoms with van der Waals surface area (Å²) in [5, 5.41) is 3.20. The number of benzene rings is 1. The molecule has 1 aromatic carbocycles. The summed E-state index contributed by atoms with van der Waals surface area (Å²) in [4.78, 5) is 24.6. The van der Waals surface area contributed by atoms with E-state index < -0.39 is 16.0 Å². The fourth-order valence-corrected chi connectivity index (χ4v) is 5.79. The Labute approximate surface area is 179 Å². The fraction of sp³-hybridized carbons (Fsp3) is 0.636. The van der Waals surface area contributed by atoms with Crippen LogP contribution in [0.1, 0.15) is 62.7 Å². The standard InChI is InChI=1S/C22H32N2O5S/c1-3-29-22(26)18-8-10-19(11-9-18)30(27,28)24-14-12-17(13-15-24)21(25)23-20-7-5-4-6-16(20)2/h8-11,16-17,20H,3-7,12-15H2,1-2H3,(H,23,25). The Morgan fingerprint density at radius 3 is 2.30 bits per heavy atom. The molecule has 1 amide bonds. The van der Waals surface area contributed by atoms with Crippen molar-refractivity contribution in [2.24, 2.45) is 11.8 Å². The minimum atomic E-state index is -3.65. The van der Waals surface area contributed by atoms with Crippen LogP contribution in [0, 0.1) is 11.8 Å². The highest BCUT2D eigenvalue weighted by molar-refractivity contribution is 7.89. The second kappa shape index (κ2) is 9.92. The van der Waals surface area contributed by atoms with Gasteiger partial charge in [-0.05, 0) is 62.8 Å². The molecule has 2 fully saturated rings. The number of carbonyl (C=O) groups excluding carboxylic acids is 2. The van der Waals surface area contributed by atoms with Gasteiger partial charge in [0.25, 0.3) is 0 Å². The van der Waals surface area contributed by atoms with Gasteiger partial charge in [0, 0.05) is 25.0 Å². The molecule has 2 aliphatic rings. The molecule has 1 heterocycles. The van der Waals surface area contributed by atoms with Crippen LogP contribution in [0.2, 0.25) is 0 Å². The van der Waals surface area contributed by atoms with E-state index in [0.717, 1.165) is 19.3 Å². The molecule has 2 unspecified atom stereocenters. The second-order valence-electron chi connectivity index (χ2n) is 8.30. The molecule has 7 nitrogen and oxygen atoms in total. The first kappa shape index (κ1) is 22.7. The van der Waals surface area contributed by atoms with Gasteiger partial charge in [-0.25, -0.2) is 13.2 Å². The van der Waals surface area contributed by atoms with Gasteiger partial charge in [-0.1, -0.05) is 19.8 Å². The van der Waals surface area contributed by atoms with E-state index in [1.54, 1.807) is 6.92 Å². The molecule has 2 atom stereocenters. The molecule has 1 saturated carbocycles. The minimum absolute atomic E-state index is 0.0598. The van der Waals surface area contributed by atoms with Gasteiger partial charge in [0.1, 0.15) is 0 Å². The molecule has 1 aliphatic carbocycles. The topological polar surface area (TPSA) is 92.8 Å². The zero-order chi connectivity index (χ0) is 21.7. The quantitative estimate of drug-likeness (QED) is 0.692. The third kappa shape index (κ3) is 5.21. The van der Waals surface area contributed by atoms with Gasteiger partial charge in [-0.3, -0.25) is 4.79 Å². The summed E-state index contributed by atoms with van der Waals surface area (Å²) in [6.07, 6.45) is 5.60. The lowest BCUT2D eigenvalue weighted by Crippen LogP contribution is -2.47. The summed E-state index contributed by atoms with van der Waals surface area (Å²) in [5.74, 6) is -0.0531. The van der Waals surface area contributed by atoms with Gasteiger partial charge < -0.3 is 10.1 Å². The van der Waals surface area contributed by atoms with Gasteiger partial charge in [0.15, 0.2) is 0 Å². The van der Waals surface area contributed by atoms with Gasteiger partial charge in [0.05, 0.1) is 17.1 Å². The normalized spacial score (nSPS) is 23.7. The van der Waals surface area contributed by atoms with E-state index >= 15 is 0 Å². The van der Waals surface area contributed by atoms with Crippen LogP contribution in [0.15, 0.2) is 29.2 Å². The smallest absolute Gasteiger partial charge is 0.338 e. The highest BCUT2D eigenvalue weighted by atomic mass is 32.2. The first-order valence-corrected chi connectivity index (χ1v) is 12.3. The predicted octanol–water partition coefficient (Wildman–Crippen LogP) is 2.96. The molecule has 1 saturated heterocycles. The number of carbonyl (C=O) groups is 2. The maximum atomic E-state index is 12.9. The predicted molar refractivity (Wildman–Crippen MR) is 113 cm³/mol. The van der Waals surface area contributed by atoms with Crippen LogP contribution in [-0.4, -0.2) is 50.3 Å². The van der Waals surface area contributed by atoms with E-state index in [1.807, 2.05) is 0 Å². The summed E-state index contributed by atoms with van der Waals surface area (Å²) in [6, 6.07) is 6.05. The highest BCUT2D eigenvalue weighted by Crippen LogP contribution is 2.27. The van der Waals surface area contributed by atoms with Gasteiger partial charge in [-0.15, -0.1) is 0 Å². The summed E-state index contributed by atoms with van der Waals surface area (Å²) in [6.45, 7) is 4.81. The average Bonchev–Trinajstić information content (AvgIpc) is 2.75. The van der Waals surface area contributed by atoms with Crippen LogP contribution in [0.4, 0.5) is 0 Å². The van der Waals surface area contributed by atoms with Crippen LogP contribution >= 0.6 is 0 Å². The number of piperidine rings is 1. The van der Waals surface area contributed by atoms with E-state index in [0.29, 0.717) is 37.4 Å². The molecule has 1 N–H and O–H groups in total. The van der Waals surface area contributed by atoms with Gasteiger partial charge in [0.2, 0.25) is 15.9 Å². The first-order valence-electron chi connectivity index (χ1n) is 10.9. The van der Waals surface area contributed by atoms with Crippen molar-refractivity contribution in [2.75, 3.05) is 19.7 Å². The maximum absolute atomic E-state index is 12.9. The first-order chi connectivity index (χ1) is 14.3. The van der Waals surface area contributed by atoms with Crippen LogP contribution < -0.4 is 5.32 Å². The number of ether oxygens (including phenoxy) is 1. The second-order valence-corrected chi connectivity index (χ2v) is 10.2. The third-order valence-electron chi connectivity index (χ3n) is 6.27. The highest BCUT2D eigenvalue weighted by Gasteiger charge is 2.33. The van der Waals surface area contributed by atoms with E-state index in [9.17, 15) is 18.0 Å². The van der Waals surface area contributed by atoms with Crippen molar-refractivity contribution in [1.82, 2.24) is 9.62 Å². The van der Waals surface area contributed by atoms with Crippen LogP contribution in [-0.2, 0) is 19.6 Å². The molecule has 0 aromatic heterocycles. The molecule has 30 heavy (non-hydrogen) atoms. The van der Waals surface area contributed by atoms with E-state index in [2.05, 4.69) is 12.2 Å². The summed E-state index contributed by atoms with van der Waals surface area (Å²) >= 11 is 0. The lowest BCUT2D eigenvalue weighted by Gasteiger charge is -2.34. The third-order valence-corrected chi connectivity index (χ3v) is 8.18. The van der Waals surface area contributed by atoms with Crippen molar-refractivity contribution in [3.05, 3.63) is 29.8 Å². The number of hydrogen-bond donors (Lipinski definition) is 1. The van der Waals surface area contributed by atoms with Crippen molar-refractivity contribution in [3.8, 4) is 0 Å². The maximum Gasteiger partial charge on any atom is 0.338 e. The van der Waals surface area contributed by atoms with Crippen LogP contribution in [0.3, 0.4) is 0 Å². The Kier molecular flexibility index (Phi) is 7.52. The fourth-order valence-electron chi connectivity index (χ4n) is 4.32. The molecule has 166 valence electrons. The minimum Gasteiger partial charge on any atom is -0.462 e. The van der Waals surface area contributed by atoms with Crippen molar-refractivity contribution < 1.29 is 22.7 Å². The number of sulfonamides is 1. The summed E-state index contributed by atoms with van der Waals surface area (Å²) in [7, 11) is -3.65. The van der Waals surface area contributed by atoms with Crippen molar-refractivity contribution >= 4 is 21.9 Å². The Hall–Kier alpha value is -1.93. The molecule has 8 heteroatoms. The number of esters is 1. The molecule has 1 aromatic rings. The Morgan fingerprint density at radius 1 is 1.07 bits per heavy atom. The van der Waals surface area contributed by atoms with E-state index in [-0.39, 0.29) is 29.4 Å². The van der Waals surface area contributed by atoms with E-state index in [4.69, 9.17) is 4.74 Å². The van der Waals surface area contributed by atoms with E-state index in [1.165, 1.54) is 35.0 Å². The zero-order valence-electron chi connectivity index (χ0n) is 17.8. The Bertz CT molecular complexity index is 845. The van der Waals surface area contributed by atoms with Crippen molar-refractivity contribution in [1.29, 1.82) is 0 Å². The molecular formula is C22H32N2O5S. The Morgan fingerprint density at radius 2 is 1.70 bits per heavy atom. The summed E-state index contributed by atoms with van der Waals surface area (Å²) < 4.78 is 32.2. The number of nitrogens with one attached hydrogen (secondary N) is 1. The number of amides is 1. The SMILES string of the molecule is CCOC(=O)c1ccc(S(=O)(=O)N2CCC(C(=O)NC3CCCCC3C)CC2)cc1. The average molecular weight is 437 g/mol. The molecule has 1 aliphatic heterocycles. The van der Waals surface area contributed by atoms with Crippen LogP contribution in [0.5, 0.6) is 0 Å². The van der Waals surface area contributed by atoms with Crippen LogP contribution in [0.25, 0.3) is 0 Å². The molecule has 0 radical (unpaired) electrons. The lowest BCUT2D eigenvalue weighted by atomic mass is 9.85.